The first kappa shape index (κ1) is 16.8. The number of anilines is 1. The Bertz CT molecular complexity index is 615. The van der Waals surface area contributed by atoms with Gasteiger partial charge in [-0.05, 0) is 17.7 Å². The summed E-state index contributed by atoms with van der Waals surface area (Å²) in [6.45, 7) is 2.57. The third-order valence-electron chi connectivity index (χ3n) is 3.52. The fraction of sp³-hybridized carbons (Fsp3) is 0.438. The number of ether oxygens (including phenoxy) is 1. The molecule has 0 radical (unpaired) electrons. The molecule has 0 fully saturated rings. The molecule has 0 bridgehead atoms. The first-order valence-electron chi connectivity index (χ1n) is 7.51. The molecule has 0 saturated heterocycles. The van der Waals surface area contributed by atoms with E-state index in [-0.39, 0.29) is 24.1 Å². The van der Waals surface area contributed by atoms with Gasteiger partial charge in [0, 0.05) is 27.1 Å². The summed E-state index contributed by atoms with van der Waals surface area (Å²) < 4.78 is 5.55. The van der Waals surface area contributed by atoms with Crippen LogP contribution in [0.15, 0.2) is 18.2 Å². The molecular formula is C16H21N3O4. The van der Waals surface area contributed by atoms with E-state index in [1.54, 1.807) is 24.1 Å². The van der Waals surface area contributed by atoms with Crippen molar-refractivity contribution < 1.29 is 19.1 Å². The zero-order chi connectivity index (χ0) is 16.8. The van der Waals surface area contributed by atoms with Crippen molar-refractivity contribution in [2.45, 2.75) is 19.8 Å². The minimum atomic E-state index is -0.140. The summed E-state index contributed by atoms with van der Waals surface area (Å²) >= 11 is 0. The number of amides is 3. The first-order valence-corrected chi connectivity index (χ1v) is 7.51. The molecule has 1 aromatic rings. The second kappa shape index (κ2) is 7.62. The lowest BCUT2D eigenvalue weighted by Crippen LogP contribution is -2.34. The molecule has 0 aromatic heterocycles. The van der Waals surface area contributed by atoms with Crippen LogP contribution in [-0.4, -0.2) is 44.5 Å². The number of carbonyl (C=O) groups is 3. The van der Waals surface area contributed by atoms with Crippen molar-refractivity contribution in [3.63, 3.8) is 0 Å². The van der Waals surface area contributed by atoms with Crippen LogP contribution in [0.1, 0.15) is 18.9 Å². The smallest absolute Gasteiger partial charge is 0.230 e. The minimum absolute atomic E-state index is 0.0133. The summed E-state index contributed by atoms with van der Waals surface area (Å²) in [4.78, 5) is 36.1. The molecule has 0 spiro atoms. The van der Waals surface area contributed by atoms with Crippen LogP contribution in [-0.2, 0) is 20.8 Å². The lowest BCUT2D eigenvalue weighted by molar-refractivity contribution is -0.121. The summed E-state index contributed by atoms with van der Waals surface area (Å²) in [6.07, 6.45) is 0.541. The van der Waals surface area contributed by atoms with Crippen molar-refractivity contribution >= 4 is 23.4 Å². The number of benzene rings is 1. The molecule has 3 amide bonds. The predicted octanol–water partition coefficient (Wildman–Crippen LogP) is 0.227. The van der Waals surface area contributed by atoms with Crippen LogP contribution >= 0.6 is 0 Å². The molecule has 1 aliphatic rings. The zero-order valence-corrected chi connectivity index (χ0v) is 13.3. The number of rotatable bonds is 5. The molecule has 7 heteroatoms. The van der Waals surface area contributed by atoms with Crippen LogP contribution in [0.3, 0.4) is 0 Å². The third-order valence-corrected chi connectivity index (χ3v) is 3.52. The van der Waals surface area contributed by atoms with E-state index < -0.39 is 0 Å². The summed E-state index contributed by atoms with van der Waals surface area (Å²) in [5, 5.41) is 5.34. The lowest BCUT2D eigenvalue weighted by Gasteiger charge is -2.17. The highest BCUT2D eigenvalue weighted by molar-refractivity contribution is 5.95. The largest absolute Gasteiger partial charge is 0.491 e. The molecule has 1 aromatic carbocycles. The van der Waals surface area contributed by atoms with Gasteiger partial charge in [0.05, 0.1) is 25.1 Å². The van der Waals surface area contributed by atoms with E-state index in [4.69, 9.17) is 4.74 Å². The van der Waals surface area contributed by atoms with Crippen molar-refractivity contribution in [1.82, 2.24) is 10.6 Å². The maximum Gasteiger partial charge on any atom is 0.230 e. The summed E-state index contributed by atoms with van der Waals surface area (Å²) in [7, 11) is 1.70. The number of hydrogen-bond acceptors (Lipinski definition) is 4. The van der Waals surface area contributed by atoms with Gasteiger partial charge in [-0.3, -0.25) is 14.4 Å². The van der Waals surface area contributed by atoms with Crippen molar-refractivity contribution in [2.75, 3.05) is 31.6 Å². The van der Waals surface area contributed by atoms with E-state index in [1.165, 1.54) is 6.92 Å². The predicted molar refractivity (Wildman–Crippen MR) is 85.4 cm³/mol. The lowest BCUT2D eigenvalue weighted by atomic mass is 10.1. The molecule has 124 valence electrons. The van der Waals surface area contributed by atoms with Gasteiger partial charge >= 0.3 is 0 Å². The molecule has 0 saturated carbocycles. The molecule has 1 heterocycles. The highest BCUT2D eigenvalue weighted by Crippen LogP contribution is 2.31. The highest BCUT2D eigenvalue weighted by Gasteiger charge is 2.20. The van der Waals surface area contributed by atoms with E-state index in [0.717, 1.165) is 5.56 Å². The van der Waals surface area contributed by atoms with E-state index in [1.807, 2.05) is 6.07 Å². The summed E-state index contributed by atoms with van der Waals surface area (Å²) in [6, 6.07) is 5.40. The summed E-state index contributed by atoms with van der Waals surface area (Å²) in [5.74, 6) is 0.366. The number of hydrogen-bond donors (Lipinski definition) is 2. The Kier molecular flexibility index (Phi) is 5.56. The van der Waals surface area contributed by atoms with Crippen LogP contribution in [0.5, 0.6) is 5.75 Å². The maximum atomic E-state index is 11.9. The van der Waals surface area contributed by atoms with Crippen molar-refractivity contribution in [2.24, 2.45) is 0 Å². The van der Waals surface area contributed by atoms with Crippen molar-refractivity contribution in [3.8, 4) is 5.75 Å². The Labute approximate surface area is 135 Å². The van der Waals surface area contributed by atoms with E-state index in [9.17, 15) is 14.4 Å². The average Bonchev–Trinajstić information content (AvgIpc) is 2.64. The number of nitrogens with one attached hydrogen (secondary N) is 2. The summed E-state index contributed by atoms with van der Waals surface area (Å²) in [5.41, 5.74) is 1.47. The minimum Gasteiger partial charge on any atom is -0.491 e. The number of carbonyl (C=O) groups excluding carboxylic acids is 3. The fourth-order valence-electron chi connectivity index (χ4n) is 2.30. The monoisotopic (exact) mass is 319 g/mol. The van der Waals surface area contributed by atoms with Gasteiger partial charge in [0.15, 0.2) is 0 Å². The van der Waals surface area contributed by atoms with E-state index >= 15 is 0 Å². The molecular weight excluding hydrogens is 298 g/mol. The van der Waals surface area contributed by atoms with Crippen LogP contribution in [0.2, 0.25) is 0 Å². The van der Waals surface area contributed by atoms with Gasteiger partial charge in [0.25, 0.3) is 0 Å². The Morgan fingerprint density at radius 2 is 2.00 bits per heavy atom. The van der Waals surface area contributed by atoms with Gasteiger partial charge in [0.1, 0.15) is 5.75 Å². The molecule has 2 rings (SSSR count). The van der Waals surface area contributed by atoms with Gasteiger partial charge < -0.3 is 20.3 Å². The molecule has 0 unspecified atom stereocenters. The molecule has 1 aliphatic heterocycles. The highest BCUT2D eigenvalue weighted by atomic mass is 16.5. The SMILES string of the molecule is CC(=O)NCCNC(=O)Cc1ccc2c(c1)N(C)C(=O)CCO2. The maximum absolute atomic E-state index is 11.9. The average molecular weight is 319 g/mol. The fourth-order valence-corrected chi connectivity index (χ4v) is 2.30. The second-order valence-electron chi connectivity index (χ2n) is 5.36. The van der Waals surface area contributed by atoms with E-state index in [2.05, 4.69) is 10.6 Å². The van der Waals surface area contributed by atoms with Crippen molar-refractivity contribution in [1.29, 1.82) is 0 Å². The molecule has 7 nitrogen and oxygen atoms in total. The first-order chi connectivity index (χ1) is 11.0. The molecule has 2 N–H and O–H groups in total. The van der Waals surface area contributed by atoms with Crippen LogP contribution in [0.25, 0.3) is 0 Å². The Morgan fingerprint density at radius 1 is 1.26 bits per heavy atom. The van der Waals surface area contributed by atoms with Crippen LogP contribution in [0, 0.1) is 0 Å². The molecule has 0 aliphatic carbocycles. The third kappa shape index (κ3) is 4.70. The van der Waals surface area contributed by atoms with Crippen molar-refractivity contribution in [3.05, 3.63) is 23.8 Å². The number of nitrogens with zero attached hydrogens (tertiary/aromatic N) is 1. The van der Waals surface area contributed by atoms with Gasteiger partial charge in [0.2, 0.25) is 17.7 Å². The van der Waals surface area contributed by atoms with Gasteiger partial charge in [-0.15, -0.1) is 0 Å². The van der Waals surface area contributed by atoms with E-state index in [0.29, 0.717) is 37.6 Å². The number of fused-ring (bicyclic) bond motifs is 1. The zero-order valence-electron chi connectivity index (χ0n) is 13.3. The van der Waals surface area contributed by atoms with Gasteiger partial charge in [-0.25, -0.2) is 0 Å². The quantitative estimate of drug-likeness (QED) is 0.760. The standard InChI is InChI=1S/C16H21N3O4/c1-11(20)17-6-7-18-15(21)10-12-3-4-14-13(9-12)19(2)16(22)5-8-23-14/h3-4,9H,5-8,10H2,1-2H3,(H,17,20)(H,18,21). The Morgan fingerprint density at radius 3 is 2.74 bits per heavy atom. The van der Waals surface area contributed by atoms with Gasteiger partial charge in [-0.1, -0.05) is 6.07 Å². The molecule has 23 heavy (non-hydrogen) atoms. The Balaban J connectivity index is 1.96. The molecule has 0 atom stereocenters. The van der Waals surface area contributed by atoms with Crippen LogP contribution in [0.4, 0.5) is 5.69 Å². The van der Waals surface area contributed by atoms with Crippen LogP contribution < -0.4 is 20.3 Å². The second-order valence-corrected chi connectivity index (χ2v) is 5.36. The topological polar surface area (TPSA) is 87.7 Å². The normalized spacial score (nSPS) is 13.7. The van der Waals surface area contributed by atoms with Gasteiger partial charge in [-0.2, -0.15) is 0 Å². The Hall–Kier alpha value is -2.57.